The molecule has 4 heteroatoms. The molecular formula is C15H15O3P. The Kier molecular flexibility index (Phi) is 2.96. The molecule has 0 spiro atoms. The monoisotopic (exact) mass is 274 g/mol. The zero-order valence-corrected chi connectivity index (χ0v) is 11.8. The van der Waals surface area contributed by atoms with Crippen molar-refractivity contribution >= 4 is 12.9 Å². The molecule has 3 nitrogen and oxygen atoms in total. The van der Waals surface area contributed by atoms with Gasteiger partial charge in [0.1, 0.15) is 5.75 Å². The molecule has 0 N–H and O–H groups in total. The van der Waals surface area contributed by atoms with E-state index in [1.807, 2.05) is 62.4 Å². The standard InChI is InChI=1S/C15H15O3P/c1-11(2)17-19(16)15-10-6-4-8-13(15)12-7-3-5-9-14(12)18-19/h3-11H,1-2H3. The van der Waals surface area contributed by atoms with Crippen LogP contribution in [0.1, 0.15) is 13.8 Å². The Morgan fingerprint density at radius 3 is 2.37 bits per heavy atom. The van der Waals surface area contributed by atoms with Gasteiger partial charge in [-0.1, -0.05) is 36.4 Å². The van der Waals surface area contributed by atoms with Crippen molar-refractivity contribution in [1.29, 1.82) is 0 Å². The van der Waals surface area contributed by atoms with E-state index in [1.54, 1.807) is 0 Å². The number of benzene rings is 2. The van der Waals surface area contributed by atoms with Gasteiger partial charge in [0.25, 0.3) is 0 Å². The summed E-state index contributed by atoms with van der Waals surface area (Å²) >= 11 is 0. The average molecular weight is 274 g/mol. The minimum atomic E-state index is -3.29. The fourth-order valence-electron chi connectivity index (χ4n) is 2.24. The fourth-order valence-corrected chi connectivity index (χ4v) is 4.23. The quantitative estimate of drug-likeness (QED) is 0.777. The first-order chi connectivity index (χ1) is 9.10. The summed E-state index contributed by atoms with van der Waals surface area (Å²) in [5.41, 5.74) is 1.88. The largest absolute Gasteiger partial charge is 0.421 e. The van der Waals surface area contributed by atoms with Gasteiger partial charge in [0, 0.05) is 11.1 Å². The number of hydrogen-bond donors (Lipinski definition) is 0. The summed E-state index contributed by atoms with van der Waals surface area (Å²) in [6, 6.07) is 15.1. The lowest BCUT2D eigenvalue weighted by Gasteiger charge is -2.28. The maximum Gasteiger partial charge on any atom is 0.411 e. The molecule has 0 radical (unpaired) electrons. The summed E-state index contributed by atoms with van der Waals surface area (Å²) in [4.78, 5) is 0. The average Bonchev–Trinajstić information content (AvgIpc) is 2.38. The van der Waals surface area contributed by atoms with Gasteiger partial charge >= 0.3 is 7.60 Å². The normalized spacial score (nSPS) is 20.6. The molecule has 2 aromatic rings. The molecule has 19 heavy (non-hydrogen) atoms. The van der Waals surface area contributed by atoms with E-state index in [9.17, 15) is 4.57 Å². The first kappa shape index (κ1) is 12.5. The first-order valence-corrected chi connectivity index (χ1v) is 7.81. The maximum absolute atomic E-state index is 13.0. The van der Waals surface area contributed by atoms with E-state index in [0.717, 1.165) is 11.1 Å². The van der Waals surface area contributed by atoms with Crippen LogP contribution in [-0.2, 0) is 9.09 Å². The number of para-hydroxylation sites is 1. The van der Waals surface area contributed by atoms with E-state index in [0.29, 0.717) is 11.1 Å². The van der Waals surface area contributed by atoms with Crippen molar-refractivity contribution in [2.75, 3.05) is 0 Å². The van der Waals surface area contributed by atoms with Gasteiger partial charge in [-0.2, -0.15) is 0 Å². The predicted molar refractivity (Wildman–Crippen MR) is 76.0 cm³/mol. The van der Waals surface area contributed by atoms with Gasteiger partial charge in [-0.05, 0) is 26.0 Å². The summed E-state index contributed by atoms with van der Waals surface area (Å²) in [6.07, 6.45) is -0.163. The van der Waals surface area contributed by atoms with Gasteiger partial charge in [-0.15, -0.1) is 0 Å². The van der Waals surface area contributed by atoms with Crippen LogP contribution < -0.4 is 9.83 Å². The number of fused-ring (bicyclic) bond motifs is 3. The van der Waals surface area contributed by atoms with Crippen LogP contribution in [0, 0.1) is 0 Å². The van der Waals surface area contributed by atoms with Gasteiger partial charge < -0.3 is 4.52 Å². The van der Waals surface area contributed by atoms with Crippen molar-refractivity contribution in [3.63, 3.8) is 0 Å². The summed E-state index contributed by atoms with van der Waals surface area (Å²) in [5, 5.41) is 0.641. The molecule has 1 unspecified atom stereocenters. The molecule has 0 saturated heterocycles. The zero-order valence-electron chi connectivity index (χ0n) is 10.9. The van der Waals surface area contributed by atoms with Crippen LogP contribution in [0.2, 0.25) is 0 Å². The van der Waals surface area contributed by atoms with E-state index in [-0.39, 0.29) is 6.10 Å². The smallest absolute Gasteiger partial charge is 0.411 e. The molecule has 0 fully saturated rings. The van der Waals surface area contributed by atoms with Crippen LogP contribution in [0.5, 0.6) is 5.75 Å². The molecule has 98 valence electrons. The van der Waals surface area contributed by atoms with Gasteiger partial charge in [0.05, 0.1) is 11.4 Å². The molecule has 2 aromatic carbocycles. The van der Waals surface area contributed by atoms with Gasteiger partial charge in [-0.3, -0.25) is 4.52 Å². The lowest BCUT2D eigenvalue weighted by molar-refractivity contribution is 0.216. The topological polar surface area (TPSA) is 35.5 Å². The van der Waals surface area contributed by atoms with Crippen molar-refractivity contribution < 1.29 is 13.6 Å². The second-order valence-corrected chi connectivity index (χ2v) is 6.63. The highest BCUT2D eigenvalue weighted by molar-refractivity contribution is 7.63. The molecule has 1 atom stereocenters. The van der Waals surface area contributed by atoms with Crippen LogP contribution in [-0.4, -0.2) is 6.10 Å². The maximum atomic E-state index is 13.0. The molecule has 0 aliphatic carbocycles. The van der Waals surface area contributed by atoms with E-state index in [4.69, 9.17) is 9.05 Å². The van der Waals surface area contributed by atoms with Crippen LogP contribution in [0.15, 0.2) is 48.5 Å². The van der Waals surface area contributed by atoms with Crippen molar-refractivity contribution in [1.82, 2.24) is 0 Å². The van der Waals surface area contributed by atoms with Crippen molar-refractivity contribution in [2.24, 2.45) is 0 Å². The molecular weight excluding hydrogens is 259 g/mol. The Labute approximate surface area is 112 Å². The summed E-state index contributed by atoms with van der Waals surface area (Å²) in [5.74, 6) is 0.616. The highest BCUT2D eigenvalue weighted by Gasteiger charge is 2.37. The molecule has 1 heterocycles. The zero-order chi connectivity index (χ0) is 13.5. The van der Waals surface area contributed by atoms with E-state index >= 15 is 0 Å². The Morgan fingerprint density at radius 1 is 1.00 bits per heavy atom. The minimum absolute atomic E-state index is 0.163. The third-order valence-corrected chi connectivity index (χ3v) is 5.06. The molecule has 0 amide bonds. The van der Waals surface area contributed by atoms with Gasteiger partial charge in [-0.25, -0.2) is 4.57 Å². The Hall–Kier alpha value is -1.57. The predicted octanol–water partition coefficient (Wildman–Crippen LogP) is 3.99. The lowest BCUT2D eigenvalue weighted by Crippen LogP contribution is -2.21. The van der Waals surface area contributed by atoms with Crippen molar-refractivity contribution in [2.45, 2.75) is 20.0 Å². The van der Waals surface area contributed by atoms with Crippen molar-refractivity contribution in [3.05, 3.63) is 48.5 Å². The Bertz CT molecular complexity index is 664. The minimum Gasteiger partial charge on any atom is -0.421 e. The van der Waals surface area contributed by atoms with E-state index in [2.05, 4.69) is 0 Å². The second-order valence-electron chi connectivity index (χ2n) is 4.76. The molecule has 0 aromatic heterocycles. The van der Waals surface area contributed by atoms with E-state index in [1.165, 1.54) is 0 Å². The molecule has 1 aliphatic heterocycles. The second kappa shape index (κ2) is 4.52. The van der Waals surface area contributed by atoms with Crippen LogP contribution in [0.25, 0.3) is 11.1 Å². The van der Waals surface area contributed by atoms with Crippen LogP contribution >= 0.6 is 7.60 Å². The highest BCUT2D eigenvalue weighted by Crippen LogP contribution is 2.55. The third-order valence-electron chi connectivity index (χ3n) is 2.94. The molecule has 3 rings (SSSR count). The Morgan fingerprint density at radius 2 is 1.63 bits per heavy atom. The van der Waals surface area contributed by atoms with Crippen LogP contribution in [0.3, 0.4) is 0 Å². The molecule has 0 saturated carbocycles. The number of hydrogen-bond acceptors (Lipinski definition) is 3. The summed E-state index contributed by atoms with van der Waals surface area (Å²) < 4.78 is 24.3. The number of rotatable bonds is 2. The first-order valence-electron chi connectivity index (χ1n) is 6.27. The van der Waals surface area contributed by atoms with Gasteiger partial charge in [0.15, 0.2) is 0 Å². The highest BCUT2D eigenvalue weighted by atomic mass is 31.2. The lowest BCUT2D eigenvalue weighted by atomic mass is 10.0. The summed E-state index contributed by atoms with van der Waals surface area (Å²) in [6.45, 7) is 3.71. The Balaban J connectivity index is 2.22. The molecule has 0 bridgehead atoms. The van der Waals surface area contributed by atoms with Crippen molar-refractivity contribution in [3.8, 4) is 16.9 Å². The van der Waals surface area contributed by atoms with Gasteiger partial charge in [0.2, 0.25) is 0 Å². The molecule has 1 aliphatic rings. The third kappa shape index (κ3) is 2.09. The van der Waals surface area contributed by atoms with E-state index < -0.39 is 7.60 Å². The summed E-state index contributed by atoms with van der Waals surface area (Å²) in [7, 11) is -3.29. The SMILES string of the molecule is CC(C)OP1(=O)Oc2ccccc2-c2ccccc21. The van der Waals surface area contributed by atoms with Crippen LogP contribution in [0.4, 0.5) is 0 Å². The fraction of sp³-hybridized carbons (Fsp3) is 0.200.